The molecular formula is C21H22ClN5O. The predicted molar refractivity (Wildman–Crippen MR) is 115 cm³/mol. The van der Waals surface area contributed by atoms with Crippen molar-refractivity contribution < 1.29 is 4.79 Å². The second-order valence-corrected chi connectivity index (χ2v) is 6.54. The summed E-state index contributed by atoms with van der Waals surface area (Å²) in [7, 11) is 0. The van der Waals surface area contributed by atoms with Crippen molar-refractivity contribution in [3.63, 3.8) is 0 Å². The van der Waals surface area contributed by atoms with Crippen LogP contribution in [0.3, 0.4) is 0 Å². The van der Waals surface area contributed by atoms with E-state index in [2.05, 4.69) is 51.5 Å². The van der Waals surface area contributed by atoms with Crippen LogP contribution in [0, 0.1) is 0 Å². The molecule has 0 unspecified atom stereocenters. The van der Waals surface area contributed by atoms with Gasteiger partial charge in [0.25, 0.3) is 5.91 Å². The van der Waals surface area contributed by atoms with Crippen LogP contribution in [0.1, 0.15) is 24.2 Å². The van der Waals surface area contributed by atoms with Gasteiger partial charge in [-0.2, -0.15) is 0 Å². The van der Waals surface area contributed by atoms with E-state index in [-0.39, 0.29) is 5.91 Å². The average molecular weight is 396 g/mol. The van der Waals surface area contributed by atoms with E-state index < -0.39 is 0 Å². The molecule has 1 heterocycles. The molecule has 144 valence electrons. The van der Waals surface area contributed by atoms with Crippen LogP contribution in [0.25, 0.3) is 0 Å². The minimum absolute atomic E-state index is 0.294. The van der Waals surface area contributed by atoms with Crippen molar-refractivity contribution in [3.05, 3.63) is 71.5 Å². The maximum Gasteiger partial charge on any atom is 0.258 e. The quantitative estimate of drug-likeness (QED) is 0.590. The molecule has 0 saturated heterocycles. The lowest BCUT2D eigenvalue weighted by Crippen LogP contribution is -2.21. The van der Waals surface area contributed by atoms with Crippen molar-refractivity contribution in [2.45, 2.75) is 13.8 Å². The molecule has 3 aromatic rings. The van der Waals surface area contributed by atoms with E-state index in [9.17, 15) is 4.79 Å². The largest absolute Gasteiger partial charge is 0.372 e. The van der Waals surface area contributed by atoms with Crippen LogP contribution in [-0.2, 0) is 0 Å². The first-order chi connectivity index (χ1) is 13.6. The molecule has 3 rings (SSSR count). The van der Waals surface area contributed by atoms with Gasteiger partial charge >= 0.3 is 0 Å². The molecule has 0 radical (unpaired) electrons. The van der Waals surface area contributed by atoms with E-state index in [1.54, 1.807) is 24.3 Å². The van der Waals surface area contributed by atoms with Gasteiger partial charge in [0.1, 0.15) is 0 Å². The molecule has 2 aromatic carbocycles. The number of carbonyl (C=O) groups is 1. The fraction of sp³-hybridized carbons (Fsp3) is 0.190. The van der Waals surface area contributed by atoms with Crippen LogP contribution >= 0.6 is 11.6 Å². The molecule has 6 nitrogen and oxygen atoms in total. The Morgan fingerprint density at radius 1 is 1.00 bits per heavy atom. The summed E-state index contributed by atoms with van der Waals surface area (Å²) in [6.45, 7) is 6.19. The molecule has 0 fully saturated rings. The molecule has 7 heteroatoms. The molecule has 0 aliphatic carbocycles. The Kier molecular flexibility index (Phi) is 6.45. The Hall–Kier alpha value is -3.12. The minimum atomic E-state index is -0.294. The molecule has 0 atom stereocenters. The first-order valence-corrected chi connectivity index (χ1v) is 9.48. The van der Waals surface area contributed by atoms with E-state index in [1.807, 2.05) is 12.1 Å². The van der Waals surface area contributed by atoms with Crippen molar-refractivity contribution in [3.8, 4) is 0 Å². The molecule has 0 spiro atoms. The molecule has 2 N–H and O–H groups in total. The number of carbonyl (C=O) groups excluding carboxylic acids is 1. The third-order valence-electron chi connectivity index (χ3n) is 4.25. The number of benzene rings is 2. The Labute approximate surface area is 169 Å². The fourth-order valence-electron chi connectivity index (χ4n) is 2.75. The molecule has 1 amide bonds. The fourth-order valence-corrected chi connectivity index (χ4v) is 2.94. The number of hydrogen-bond acceptors (Lipinski definition) is 5. The normalized spacial score (nSPS) is 10.4. The Morgan fingerprint density at radius 2 is 1.68 bits per heavy atom. The maximum absolute atomic E-state index is 12.3. The van der Waals surface area contributed by atoms with E-state index in [0.717, 1.165) is 18.8 Å². The highest BCUT2D eigenvalue weighted by atomic mass is 35.5. The summed E-state index contributed by atoms with van der Waals surface area (Å²) in [5.74, 6) is 0.132. The summed E-state index contributed by atoms with van der Waals surface area (Å²) in [4.78, 5) is 23.0. The van der Waals surface area contributed by atoms with Gasteiger partial charge in [-0.1, -0.05) is 17.7 Å². The first-order valence-electron chi connectivity index (χ1n) is 9.10. The standard InChI is InChI=1S/C21H22ClN5O/c1-3-27(4-2)19-10-8-17(9-11-19)26-21-23-13-15(14-24-21)20(28)25-18-7-5-6-16(22)12-18/h5-14H,3-4H2,1-2H3,(H,25,28)(H,23,24,26). The van der Waals surface area contributed by atoms with Crippen molar-refractivity contribution in [1.82, 2.24) is 9.97 Å². The van der Waals surface area contributed by atoms with Crippen molar-refractivity contribution in [1.29, 1.82) is 0 Å². The smallest absolute Gasteiger partial charge is 0.258 e. The van der Waals surface area contributed by atoms with Gasteiger partial charge < -0.3 is 15.5 Å². The van der Waals surface area contributed by atoms with Crippen molar-refractivity contribution >= 4 is 40.5 Å². The summed E-state index contributed by atoms with van der Waals surface area (Å²) in [6, 6.07) is 15.0. The van der Waals surface area contributed by atoms with Crippen LogP contribution in [0.5, 0.6) is 0 Å². The number of nitrogens with one attached hydrogen (secondary N) is 2. The molecule has 0 aliphatic heterocycles. The number of nitrogens with zero attached hydrogens (tertiary/aromatic N) is 3. The molecule has 0 saturated carbocycles. The molecule has 1 aromatic heterocycles. The summed E-state index contributed by atoms with van der Waals surface area (Å²) in [5.41, 5.74) is 3.03. The van der Waals surface area contributed by atoms with E-state index >= 15 is 0 Å². The monoisotopic (exact) mass is 395 g/mol. The van der Waals surface area contributed by atoms with Gasteiger partial charge in [-0.3, -0.25) is 4.79 Å². The van der Waals surface area contributed by atoms with Gasteiger partial charge in [0.15, 0.2) is 0 Å². The molecule has 0 bridgehead atoms. The summed E-state index contributed by atoms with van der Waals surface area (Å²) >= 11 is 5.93. The number of hydrogen-bond donors (Lipinski definition) is 2. The highest BCUT2D eigenvalue weighted by Gasteiger charge is 2.08. The second kappa shape index (κ2) is 9.19. The Bertz CT molecular complexity index is 924. The minimum Gasteiger partial charge on any atom is -0.372 e. The summed E-state index contributed by atoms with van der Waals surface area (Å²) in [6.07, 6.45) is 2.97. The van der Waals surface area contributed by atoms with E-state index in [0.29, 0.717) is 22.2 Å². The van der Waals surface area contributed by atoms with Gasteiger partial charge in [-0.25, -0.2) is 9.97 Å². The van der Waals surface area contributed by atoms with E-state index in [4.69, 9.17) is 11.6 Å². The first kappa shape index (κ1) is 19.6. The van der Waals surface area contributed by atoms with Crippen LogP contribution < -0.4 is 15.5 Å². The Balaban J connectivity index is 1.63. The summed E-state index contributed by atoms with van der Waals surface area (Å²) < 4.78 is 0. The number of halogens is 1. The topological polar surface area (TPSA) is 70.2 Å². The van der Waals surface area contributed by atoms with Crippen LogP contribution in [0.15, 0.2) is 60.9 Å². The second-order valence-electron chi connectivity index (χ2n) is 6.10. The van der Waals surface area contributed by atoms with Crippen LogP contribution in [-0.4, -0.2) is 29.0 Å². The number of aromatic nitrogens is 2. The average Bonchev–Trinajstić information content (AvgIpc) is 2.71. The highest BCUT2D eigenvalue weighted by Crippen LogP contribution is 2.20. The maximum atomic E-state index is 12.3. The van der Waals surface area contributed by atoms with Crippen molar-refractivity contribution in [2.24, 2.45) is 0 Å². The van der Waals surface area contributed by atoms with Gasteiger partial charge in [0.2, 0.25) is 5.95 Å². The molecular weight excluding hydrogens is 374 g/mol. The zero-order valence-electron chi connectivity index (χ0n) is 15.8. The van der Waals surface area contributed by atoms with Gasteiger partial charge in [0, 0.05) is 47.6 Å². The SMILES string of the molecule is CCN(CC)c1ccc(Nc2ncc(C(=O)Nc3cccc(Cl)c3)cn2)cc1. The number of rotatable bonds is 7. The van der Waals surface area contributed by atoms with Crippen LogP contribution in [0.4, 0.5) is 23.0 Å². The third kappa shape index (κ3) is 4.98. The Morgan fingerprint density at radius 3 is 2.29 bits per heavy atom. The predicted octanol–water partition coefficient (Wildman–Crippen LogP) is 4.97. The van der Waals surface area contributed by atoms with Gasteiger partial charge in [0.05, 0.1) is 5.56 Å². The lowest BCUT2D eigenvalue weighted by molar-refractivity contribution is 0.102. The van der Waals surface area contributed by atoms with Crippen molar-refractivity contribution in [2.75, 3.05) is 28.6 Å². The van der Waals surface area contributed by atoms with Crippen LogP contribution in [0.2, 0.25) is 5.02 Å². The zero-order chi connectivity index (χ0) is 19.9. The lowest BCUT2D eigenvalue weighted by atomic mass is 10.2. The highest BCUT2D eigenvalue weighted by molar-refractivity contribution is 6.30. The molecule has 0 aliphatic rings. The summed E-state index contributed by atoms with van der Waals surface area (Å²) in [5, 5.41) is 6.46. The number of amides is 1. The lowest BCUT2D eigenvalue weighted by Gasteiger charge is -2.21. The third-order valence-corrected chi connectivity index (χ3v) is 4.48. The molecule has 28 heavy (non-hydrogen) atoms. The van der Waals surface area contributed by atoms with Gasteiger partial charge in [-0.15, -0.1) is 0 Å². The zero-order valence-corrected chi connectivity index (χ0v) is 16.6. The number of anilines is 4. The van der Waals surface area contributed by atoms with E-state index in [1.165, 1.54) is 18.1 Å². The van der Waals surface area contributed by atoms with Gasteiger partial charge in [-0.05, 0) is 56.3 Å².